The van der Waals surface area contributed by atoms with Crippen LogP contribution in [0, 0.1) is 6.92 Å². The van der Waals surface area contributed by atoms with E-state index in [1.54, 1.807) is 25.1 Å². The van der Waals surface area contributed by atoms with Crippen LogP contribution in [0.25, 0.3) is 10.9 Å². The van der Waals surface area contributed by atoms with Crippen LogP contribution in [0.5, 0.6) is 0 Å². The first-order valence-corrected chi connectivity index (χ1v) is 7.38. The number of para-hydroxylation sites is 1. The SMILES string of the molecule is Cc1cc(C(=O)NCC(C)(O)c2ccco2)c2ccccc2n1. The van der Waals surface area contributed by atoms with Gasteiger partial charge in [0, 0.05) is 11.1 Å². The summed E-state index contributed by atoms with van der Waals surface area (Å²) in [5, 5.41) is 14.0. The summed E-state index contributed by atoms with van der Waals surface area (Å²) in [4.78, 5) is 17.0. The maximum absolute atomic E-state index is 12.5. The van der Waals surface area contributed by atoms with Gasteiger partial charge in [-0.1, -0.05) is 18.2 Å². The highest BCUT2D eigenvalue weighted by Gasteiger charge is 2.27. The zero-order valence-electron chi connectivity index (χ0n) is 13.0. The van der Waals surface area contributed by atoms with Crippen molar-refractivity contribution < 1.29 is 14.3 Å². The first-order chi connectivity index (χ1) is 11.0. The molecule has 23 heavy (non-hydrogen) atoms. The fourth-order valence-electron chi connectivity index (χ4n) is 2.52. The molecule has 0 saturated heterocycles. The van der Waals surface area contributed by atoms with Crippen LogP contribution in [0.15, 0.2) is 53.1 Å². The average molecular weight is 310 g/mol. The molecule has 3 aromatic rings. The Morgan fingerprint density at radius 2 is 2.09 bits per heavy atom. The van der Waals surface area contributed by atoms with Crippen LogP contribution in [0.1, 0.15) is 28.7 Å². The quantitative estimate of drug-likeness (QED) is 0.777. The van der Waals surface area contributed by atoms with Crippen molar-refractivity contribution in [3.63, 3.8) is 0 Å². The molecule has 0 aliphatic rings. The molecule has 0 radical (unpaired) electrons. The van der Waals surface area contributed by atoms with Gasteiger partial charge in [-0.05, 0) is 38.1 Å². The molecule has 5 heteroatoms. The van der Waals surface area contributed by atoms with Crippen LogP contribution < -0.4 is 5.32 Å². The fraction of sp³-hybridized carbons (Fsp3) is 0.222. The van der Waals surface area contributed by atoms with Crippen molar-refractivity contribution >= 4 is 16.8 Å². The van der Waals surface area contributed by atoms with E-state index in [1.165, 1.54) is 6.26 Å². The number of carbonyl (C=O) groups excluding carboxylic acids is 1. The lowest BCUT2D eigenvalue weighted by Crippen LogP contribution is -2.38. The summed E-state index contributed by atoms with van der Waals surface area (Å²) >= 11 is 0. The fourth-order valence-corrected chi connectivity index (χ4v) is 2.52. The molecular formula is C18H18N2O3. The van der Waals surface area contributed by atoms with E-state index in [-0.39, 0.29) is 12.5 Å². The molecule has 2 heterocycles. The Bertz CT molecular complexity index is 839. The molecule has 2 aromatic heterocycles. The van der Waals surface area contributed by atoms with E-state index >= 15 is 0 Å². The minimum Gasteiger partial charge on any atom is -0.466 e. The highest BCUT2D eigenvalue weighted by atomic mass is 16.4. The number of aliphatic hydroxyl groups is 1. The predicted molar refractivity (Wildman–Crippen MR) is 87.1 cm³/mol. The van der Waals surface area contributed by atoms with E-state index in [1.807, 2.05) is 31.2 Å². The van der Waals surface area contributed by atoms with Gasteiger partial charge < -0.3 is 14.8 Å². The monoisotopic (exact) mass is 310 g/mol. The second-order valence-corrected chi connectivity index (χ2v) is 5.76. The third-order valence-corrected chi connectivity index (χ3v) is 3.73. The maximum Gasteiger partial charge on any atom is 0.252 e. The van der Waals surface area contributed by atoms with Crippen LogP contribution in [-0.4, -0.2) is 22.5 Å². The van der Waals surface area contributed by atoms with Crippen molar-refractivity contribution in [1.82, 2.24) is 10.3 Å². The van der Waals surface area contributed by atoms with Gasteiger partial charge in [-0.15, -0.1) is 0 Å². The molecule has 0 saturated carbocycles. The van der Waals surface area contributed by atoms with Gasteiger partial charge in [0.1, 0.15) is 11.4 Å². The number of fused-ring (bicyclic) bond motifs is 1. The van der Waals surface area contributed by atoms with E-state index < -0.39 is 5.60 Å². The van der Waals surface area contributed by atoms with Gasteiger partial charge in [-0.2, -0.15) is 0 Å². The number of hydrogen-bond donors (Lipinski definition) is 2. The summed E-state index contributed by atoms with van der Waals surface area (Å²) < 4.78 is 5.21. The molecule has 1 atom stereocenters. The number of nitrogens with one attached hydrogen (secondary N) is 1. The van der Waals surface area contributed by atoms with Gasteiger partial charge in [0.25, 0.3) is 5.91 Å². The Morgan fingerprint density at radius 1 is 1.30 bits per heavy atom. The third-order valence-electron chi connectivity index (χ3n) is 3.73. The zero-order chi connectivity index (χ0) is 16.4. The second-order valence-electron chi connectivity index (χ2n) is 5.76. The van der Waals surface area contributed by atoms with E-state index in [0.29, 0.717) is 11.3 Å². The Balaban J connectivity index is 1.84. The molecule has 0 aliphatic heterocycles. The number of hydrogen-bond acceptors (Lipinski definition) is 4. The summed E-state index contributed by atoms with van der Waals surface area (Å²) in [7, 11) is 0. The highest BCUT2D eigenvalue weighted by molar-refractivity contribution is 6.06. The van der Waals surface area contributed by atoms with Crippen LogP contribution in [0.4, 0.5) is 0 Å². The van der Waals surface area contributed by atoms with Gasteiger partial charge >= 0.3 is 0 Å². The van der Waals surface area contributed by atoms with E-state index in [4.69, 9.17) is 4.42 Å². The number of rotatable bonds is 4. The Labute approximate surface area is 134 Å². The largest absolute Gasteiger partial charge is 0.466 e. The van der Waals surface area contributed by atoms with E-state index in [0.717, 1.165) is 16.6 Å². The highest BCUT2D eigenvalue weighted by Crippen LogP contribution is 2.21. The lowest BCUT2D eigenvalue weighted by atomic mass is 10.0. The normalized spacial score (nSPS) is 13.7. The molecule has 118 valence electrons. The van der Waals surface area contributed by atoms with Crippen molar-refractivity contribution in [3.8, 4) is 0 Å². The minimum atomic E-state index is -1.27. The minimum absolute atomic E-state index is 0.0506. The first-order valence-electron chi connectivity index (χ1n) is 7.38. The Morgan fingerprint density at radius 3 is 2.83 bits per heavy atom. The van der Waals surface area contributed by atoms with Crippen molar-refractivity contribution in [2.75, 3.05) is 6.54 Å². The van der Waals surface area contributed by atoms with Crippen LogP contribution in [0.3, 0.4) is 0 Å². The van der Waals surface area contributed by atoms with Gasteiger partial charge in [-0.25, -0.2) is 0 Å². The summed E-state index contributed by atoms with van der Waals surface area (Å²) in [6.45, 7) is 3.50. The summed E-state index contributed by atoms with van der Waals surface area (Å²) in [6.07, 6.45) is 1.49. The van der Waals surface area contributed by atoms with E-state index in [2.05, 4.69) is 10.3 Å². The molecular weight excluding hydrogens is 292 g/mol. The number of benzene rings is 1. The van der Waals surface area contributed by atoms with Crippen molar-refractivity contribution in [3.05, 3.63) is 65.7 Å². The lowest BCUT2D eigenvalue weighted by molar-refractivity contribution is 0.0330. The molecule has 1 aromatic carbocycles. The van der Waals surface area contributed by atoms with Crippen LogP contribution in [-0.2, 0) is 5.60 Å². The van der Waals surface area contributed by atoms with Gasteiger partial charge in [0.2, 0.25) is 0 Å². The number of pyridine rings is 1. The zero-order valence-corrected chi connectivity index (χ0v) is 13.0. The first kappa shape index (κ1) is 15.2. The molecule has 0 bridgehead atoms. The Hall–Kier alpha value is -2.66. The third kappa shape index (κ3) is 3.10. The standard InChI is InChI=1S/C18H18N2O3/c1-12-10-14(13-6-3-4-7-15(13)20-12)17(21)19-11-18(2,22)16-8-5-9-23-16/h3-10,22H,11H2,1-2H3,(H,19,21). The van der Waals surface area contributed by atoms with Crippen molar-refractivity contribution in [2.45, 2.75) is 19.4 Å². The topological polar surface area (TPSA) is 75.4 Å². The summed E-state index contributed by atoms with van der Waals surface area (Å²) in [6, 6.07) is 12.6. The van der Waals surface area contributed by atoms with Gasteiger partial charge in [0.05, 0.1) is 23.9 Å². The number of furan rings is 1. The molecule has 5 nitrogen and oxygen atoms in total. The molecule has 0 spiro atoms. The second kappa shape index (κ2) is 5.85. The van der Waals surface area contributed by atoms with Crippen LogP contribution in [0.2, 0.25) is 0 Å². The number of nitrogens with zero attached hydrogens (tertiary/aromatic N) is 1. The molecule has 1 amide bonds. The number of aryl methyl sites for hydroxylation is 1. The van der Waals surface area contributed by atoms with Crippen molar-refractivity contribution in [2.24, 2.45) is 0 Å². The number of aromatic nitrogens is 1. The Kier molecular flexibility index (Phi) is 3.88. The number of amides is 1. The predicted octanol–water partition coefficient (Wildman–Crippen LogP) is 2.77. The van der Waals surface area contributed by atoms with E-state index in [9.17, 15) is 9.90 Å². The average Bonchev–Trinajstić information content (AvgIpc) is 3.07. The smallest absolute Gasteiger partial charge is 0.252 e. The molecule has 3 rings (SSSR count). The molecule has 2 N–H and O–H groups in total. The maximum atomic E-state index is 12.5. The lowest BCUT2D eigenvalue weighted by Gasteiger charge is -2.21. The number of carbonyl (C=O) groups is 1. The molecule has 1 unspecified atom stereocenters. The van der Waals surface area contributed by atoms with Crippen LogP contribution >= 0.6 is 0 Å². The molecule has 0 aliphatic carbocycles. The van der Waals surface area contributed by atoms with Crippen molar-refractivity contribution in [1.29, 1.82) is 0 Å². The van der Waals surface area contributed by atoms with Gasteiger partial charge in [-0.3, -0.25) is 9.78 Å². The summed E-state index contributed by atoms with van der Waals surface area (Å²) in [5.74, 6) is 0.159. The van der Waals surface area contributed by atoms with Gasteiger partial charge in [0.15, 0.2) is 0 Å². The summed E-state index contributed by atoms with van der Waals surface area (Å²) in [5.41, 5.74) is 0.822. The molecule has 0 fully saturated rings.